The molecule has 0 aliphatic carbocycles. The number of esters is 1. The van der Waals surface area contributed by atoms with E-state index in [9.17, 15) is 4.79 Å². The fourth-order valence-electron chi connectivity index (χ4n) is 1.15. The van der Waals surface area contributed by atoms with Gasteiger partial charge in [0.1, 0.15) is 0 Å². The van der Waals surface area contributed by atoms with Crippen LogP contribution in [0.4, 0.5) is 5.69 Å². The van der Waals surface area contributed by atoms with Crippen LogP contribution in [0.25, 0.3) is 5.70 Å². The average Bonchev–Trinajstić information content (AvgIpc) is 2.76. The topological polar surface area (TPSA) is 70.1 Å². The number of allylic oxidation sites excluding steroid dienone is 3. The van der Waals surface area contributed by atoms with Crippen molar-refractivity contribution in [1.29, 1.82) is 0 Å². The smallest absolute Gasteiger partial charge is 0.337 e. The average molecular weight is 233 g/mol. The summed E-state index contributed by atoms with van der Waals surface area (Å²) in [4.78, 5) is 11.3. The molecule has 5 nitrogen and oxygen atoms in total. The molecule has 0 aliphatic heterocycles. The number of nitrogens with two attached hydrogens (primary N) is 1. The van der Waals surface area contributed by atoms with Crippen LogP contribution in [-0.2, 0) is 9.53 Å². The minimum absolute atomic E-state index is 0.381. The van der Waals surface area contributed by atoms with Gasteiger partial charge in [-0.15, -0.1) is 0 Å². The van der Waals surface area contributed by atoms with Crippen LogP contribution in [0.5, 0.6) is 0 Å². The van der Waals surface area contributed by atoms with Crippen LogP contribution in [0.2, 0.25) is 0 Å². The highest BCUT2D eigenvalue weighted by molar-refractivity contribution is 5.91. The summed E-state index contributed by atoms with van der Waals surface area (Å²) in [5.41, 5.74) is 7.34. The largest absolute Gasteiger partial charge is 0.465 e. The fourth-order valence-corrected chi connectivity index (χ4v) is 1.15. The summed E-state index contributed by atoms with van der Waals surface area (Å²) in [6, 6.07) is 0. The van der Waals surface area contributed by atoms with Crippen molar-refractivity contribution in [3.8, 4) is 0 Å². The molecule has 1 aromatic rings. The lowest BCUT2D eigenvalue weighted by Gasteiger charge is -2.00. The molecule has 1 heterocycles. The summed E-state index contributed by atoms with van der Waals surface area (Å²) in [7, 11) is 1.32. The number of methoxy groups -OCH3 is 1. The van der Waals surface area contributed by atoms with Crippen molar-refractivity contribution in [3.05, 3.63) is 42.8 Å². The molecule has 0 aromatic carbocycles. The zero-order valence-electron chi connectivity index (χ0n) is 9.88. The number of nitrogen functional groups attached to an aromatic ring is 1. The van der Waals surface area contributed by atoms with Crippen LogP contribution < -0.4 is 5.73 Å². The summed E-state index contributed by atoms with van der Waals surface area (Å²) < 4.78 is 6.21. The highest BCUT2D eigenvalue weighted by Gasteiger charge is 2.03. The van der Waals surface area contributed by atoms with Gasteiger partial charge < -0.3 is 10.5 Å². The van der Waals surface area contributed by atoms with Crippen molar-refractivity contribution in [1.82, 2.24) is 9.78 Å². The summed E-state index contributed by atoms with van der Waals surface area (Å²) in [5, 5.41) is 4.04. The third-order valence-electron chi connectivity index (χ3n) is 2.11. The highest BCUT2D eigenvalue weighted by Crippen LogP contribution is 2.08. The molecule has 1 aromatic heterocycles. The van der Waals surface area contributed by atoms with Crippen molar-refractivity contribution < 1.29 is 9.53 Å². The lowest BCUT2D eigenvalue weighted by atomic mass is 10.2. The standard InChI is InChI=1S/C12H15N3O2/c1-4-10(12(16)17-3)6-5-9(2)15-8-11(13)7-14-15/h4-8H,1,13H2,2-3H3/b9-5+,10-6+. The fraction of sp³-hybridized carbons (Fsp3) is 0.167. The normalized spacial score (nSPS) is 12.4. The van der Waals surface area contributed by atoms with Gasteiger partial charge in [-0.1, -0.05) is 12.7 Å². The zero-order valence-corrected chi connectivity index (χ0v) is 9.88. The first kappa shape index (κ1) is 12.8. The SMILES string of the molecule is C=C/C(=C\C=C(/C)n1cc(N)cn1)C(=O)OC. The molecule has 0 aliphatic rings. The number of carbonyl (C=O) groups is 1. The Balaban J connectivity index is 2.92. The lowest BCUT2D eigenvalue weighted by Crippen LogP contribution is -2.02. The molecule has 0 fully saturated rings. The van der Waals surface area contributed by atoms with Gasteiger partial charge in [-0.25, -0.2) is 9.48 Å². The molecule has 0 spiro atoms. The molecule has 5 heteroatoms. The van der Waals surface area contributed by atoms with E-state index in [1.807, 2.05) is 6.92 Å². The Morgan fingerprint density at radius 1 is 1.59 bits per heavy atom. The van der Waals surface area contributed by atoms with Crippen molar-refractivity contribution >= 4 is 17.4 Å². The lowest BCUT2D eigenvalue weighted by molar-refractivity contribution is -0.135. The molecule has 90 valence electrons. The molecular formula is C12H15N3O2. The second-order valence-electron chi connectivity index (χ2n) is 3.34. The summed E-state index contributed by atoms with van der Waals surface area (Å²) in [5.74, 6) is -0.427. The van der Waals surface area contributed by atoms with E-state index in [0.717, 1.165) is 5.70 Å². The quantitative estimate of drug-likeness (QED) is 0.487. The van der Waals surface area contributed by atoms with Gasteiger partial charge in [-0.2, -0.15) is 5.10 Å². The molecule has 0 amide bonds. The molecule has 1 rings (SSSR count). The monoisotopic (exact) mass is 233 g/mol. The van der Waals surface area contributed by atoms with Crippen molar-refractivity contribution in [2.75, 3.05) is 12.8 Å². The van der Waals surface area contributed by atoms with E-state index in [1.165, 1.54) is 13.2 Å². The number of nitrogens with zero attached hydrogens (tertiary/aromatic N) is 2. The number of hydrogen-bond donors (Lipinski definition) is 1. The van der Waals surface area contributed by atoms with Crippen molar-refractivity contribution in [3.63, 3.8) is 0 Å². The van der Waals surface area contributed by atoms with E-state index >= 15 is 0 Å². The van der Waals surface area contributed by atoms with E-state index in [0.29, 0.717) is 11.3 Å². The van der Waals surface area contributed by atoms with Gasteiger partial charge >= 0.3 is 5.97 Å². The predicted molar refractivity (Wildman–Crippen MR) is 66.9 cm³/mol. The first-order valence-electron chi connectivity index (χ1n) is 4.98. The first-order chi connectivity index (χ1) is 8.08. The minimum Gasteiger partial charge on any atom is -0.465 e. The number of aromatic nitrogens is 2. The van der Waals surface area contributed by atoms with Crippen LogP contribution in [0.15, 0.2) is 42.8 Å². The second-order valence-corrected chi connectivity index (χ2v) is 3.34. The maximum atomic E-state index is 11.3. The van der Waals surface area contributed by atoms with Crippen LogP contribution >= 0.6 is 0 Å². The number of rotatable bonds is 4. The molecule has 0 bridgehead atoms. The van der Waals surface area contributed by atoms with Crippen LogP contribution in [-0.4, -0.2) is 22.9 Å². The van der Waals surface area contributed by atoms with E-state index < -0.39 is 5.97 Å². The van der Waals surface area contributed by atoms with E-state index in [4.69, 9.17) is 5.73 Å². The molecule has 0 unspecified atom stereocenters. The zero-order chi connectivity index (χ0) is 12.8. The van der Waals surface area contributed by atoms with Crippen molar-refractivity contribution in [2.45, 2.75) is 6.92 Å². The molecule has 0 radical (unpaired) electrons. The number of anilines is 1. The van der Waals surface area contributed by atoms with Gasteiger partial charge in [0.25, 0.3) is 0 Å². The first-order valence-corrected chi connectivity index (χ1v) is 4.98. The Morgan fingerprint density at radius 2 is 2.29 bits per heavy atom. The molecule has 17 heavy (non-hydrogen) atoms. The number of ether oxygens (including phenoxy) is 1. The third-order valence-corrected chi connectivity index (χ3v) is 2.11. The van der Waals surface area contributed by atoms with Gasteiger partial charge in [0.15, 0.2) is 0 Å². The molecule has 0 saturated heterocycles. The van der Waals surface area contributed by atoms with Gasteiger partial charge in [-0.3, -0.25) is 0 Å². The number of hydrogen-bond acceptors (Lipinski definition) is 4. The Hall–Kier alpha value is -2.30. The molecule has 2 N–H and O–H groups in total. The van der Waals surface area contributed by atoms with Gasteiger partial charge in [0, 0.05) is 5.70 Å². The van der Waals surface area contributed by atoms with Gasteiger partial charge in [-0.05, 0) is 19.1 Å². The maximum Gasteiger partial charge on any atom is 0.337 e. The van der Waals surface area contributed by atoms with Crippen LogP contribution in [0, 0.1) is 0 Å². The Kier molecular flexibility index (Phi) is 4.28. The summed E-state index contributed by atoms with van der Waals surface area (Å²) >= 11 is 0. The van der Waals surface area contributed by atoms with Crippen molar-refractivity contribution in [2.24, 2.45) is 0 Å². The molecule has 0 saturated carbocycles. The Bertz CT molecular complexity index is 484. The van der Waals surface area contributed by atoms with E-state index in [-0.39, 0.29) is 0 Å². The maximum absolute atomic E-state index is 11.3. The Labute approximate surface area is 99.9 Å². The van der Waals surface area contributed by atoms with Gasteiger partial charge in [0.2, 0.25) is 0 Å². The van der Waals surface area contributed by atoms with Crippen LogP contribution in [0.3, 0.4) is 0 Å². The van der Waals surface area contributed by atoms with E-state index in [1.54, 1.807) is 29.2 Å². The summed E-state index contributed by atoms with van der Waals surface area (Å²) in [6.45, 7) is 5.39. The number of carbonyl (C=O) groups excluding carboxylic acids is 1. The highest BCUT2D eigenvalue weighted by atomic mass is 16.5. The predicted octanol–water partition coefficient (Wildman–Crippen LogP) is 1.61. The van der Waals surface area contributed by atoms with Gasteiger partial charge in [0.05, 0.1) is 30.8 Å². The Morgan fingerprint density at radius 3 is 2.76 bits per heavy atom. The third kappa shape index (κ3) is 3.34. The summed E-state index contributed by atoms with van der Waals surface area (Å²) in [6.07, 6.45) is 8.03. The van der Waals surface area contributed by atoms with E-state index in [2.05, 4.69) is 16.4 Å². The minimum atomic E-state index is -0.427. The molecular weight excluding hydrogens is 218 g/mol. The van der Waals surface area contributed by atoms with Crippen LogP contribution in [0.1, 0.15) is 6.92 Å². The molecule has 0 atom stereocenters. The second kappa shape index (κ2) is 5.69.